The molecule has 0 unspecified atom stereocenters. The van der Waals surface area contributed by atoms with Crippen LogP contribution in [0.2, 0.25) is 0 Å². The number of aryl methyl sites for hydroxylation is 1. The lowest BCUT2D eigenvalue weighted by Gasteiger charge is -2.35. The van der Waals surface area contributed by atoms with Gasteiger partial charge >= 0.3 is 0 Å². The molecular formula is C9H15N3O. The maximum Gasteiger partial charge on any atom is 0.133 e. The van der Waals surface area contributed by atoms with E-state index in [1.54, 1.807) is 0 Å². The van der Waals surface area contributed by atoms with E-state index in [4.69, 9.17) is 4.52 Å². The summed E-state index contributed by atoms with van der Waals surface area (Å²) in [5, 5.41) is 7.21. The second kappa shape index (κ2) is 3.47. The normalized spacial score (nSPS) is 17.8. The lowest BCUT2D eigenvalue weighted by Crippen LogP contribution is -2.55. The van der Waals surface area contributed by atoms with Crippen LogP contribution in [0.1, 0.15) is 11.5 Å². The molecule has 0 amide bonds. The predicted molar refractivity (Wildman–Crippen MR) is 49.4 cm³/mol. The highest BCUT2D eigenvalue weighted by molar-refractivity contribution is 5.03. The number of likely N-dealkylation sites (N-methyl/N-ethyl adjacent to an activating group) is 1. The Morgan fingerprint density at radius 3 is 2.92 bits per heavy atom. The second-order valence-corrected chi connectivity index (χ2v) is 3.66. The maximum atomic E-state index is 5.00. The van der Waals surface area contributed by atoms with E-state index < -0.39 is 0 Å². The van der Waals surface area contributed by atoms with E-state index in [0.717, 1.165) is 31.1 Å². The van der Waals surface area contributed by atoms with Crippen molar-refractivity contribution in [3.8, 4) is 0 Å². The first-order valence-corrected chi connectivity index (χ1v) is 4.59. The van der Waals surface area contributed by atoms with E-state index in [2.05, 4.69) is 22.4 Å². The molecule has 2 heterocycles. The minimum absolute atomic E-state index is 0.664. The first-order valence-electron chi connectivity index (χ1n) is 4.59. The van der Waals surface area contributed by atoms with Gasteiger partial charge in [0.25, 0.3) is 0 Å². The van der Waals surface area contributed by atoms with Gasteiger partial charge in [-0.05, 0) is 14.0 Å². The number of rotatable bonds is 3. The highest BCUT2D eigenvalue weighted by Crippen LogP contribution is 2.08. The van der Waals surface area contributed by atoms with Crippen LogP contribution in [-0.2, 0) is 6.54 Å². The van der Waals surface area contributed by atoms with Crippen LogP contribution in [0, 0.1) is 6.92 Å². The Labute approximate surface area is 77.9 Å². The van der Waals surface area contributed by atoms with Crippen molar-refractivity contribution in [3.05, 3.63) is 17.5 Å². The fourth-order valence-electron chi connectivity index (χ4n) is 1.46. The number of nitrogens with one attached hydrogen (secondary N) is 1. The van der Waals surface area contributed by atoms with Gasteiger partial charge in [-0.25, -0.2) is 0 Å². The molecule has 2 rings (SSSR count). The average molecular weight is 181 g/mol. The van der Waals surface area contributed by atoms with Gasteiger partial charge in [-0.3, -0.25) is 4.90 Å². The van der Waals surface area contributed by atoms with Gasteiger partial charge in [0.15, 0.2) is 0 Å². The van der Waals surface area contributed by atoms with Crippen molar-refractivity contribution in [2.75, 3.05) is 20.1 Å². The number of hydrogen-bond donors (Lipinski definition) is 1. The molecule has 4 nitrogen and oxygen atoms in total. The molecule has 1 fully saturated rings. The molecule has 0 aliphatic carbocycles. The third kappa shape index (κ3) is 1.89. The Morgan fingerprint density at radius 1 is 1.69 bits per heavy atom. The van der Waals surface area contributed by atoms with Crippen molar-refractivity contribution in [2.24, 2.45) is 0 Å². The molecule has 1 saturated heterocycles. The standard InChI is InChI=1S/C9H15N3O/c1-7-3-8(11-13-7)6-12(2)9-4-10-5-9/h3,9-10H,4-6H2,1-2H3. The summed E-state index contributed by atoms with van der Waals surface area (Å²) in [7, 11) is 2.12. The van der Waals surface area contributed by atoms with Gasteiger partial charge in [-0.15, -0.1) is 0 Å². The van der Waals surface area contributed by atoms with Gasteiger partial charge in [0, 0.05) is 31.7 Å². The van der Waals surface area contributed by atoms with Crippen LogP contribution in [0.4, 0.5) is 0 Å². The molecule has 1 N–H and O–H groups in total. The zero-order valence-electron chi connectivity index (χ0n) is 8.08. The van der Waals surface area contributed by atoms with Crippen molar-refractivity contribution in [3.63, 3.8) is 0 Å². The van der Waals surface area contributed by atoms with Crippen LogP contribution in [0.25, 0.3) is 0 Å². The van der Waals surface area contributed by atoms with E-state index in [9.17, 15) is 0 Å². The molecule has 0 spiro atoms. The molecule has 1 aliphatic heterocycles. The molecule has 1 aromatic heterocycles. The molecule has 0 atom stereocenters. The minimum atomic E-state index is 0.664. The molecule has 13 heavy (non-hydrogen) atoms. The van der Waals surface area contributed by atoms with E-state index in [0.29, 0.717) is 6.04 Å². The molecule has 0 aromatic carbocycles. The summed E-state index contributed by atoms with van der Waals surface area (Å²) in [5.41, 5.74) is 1.02. The molecule has 1 aromatic rings. The van der Waals surface area contributed by atoms with Crippen molar-refractivity contribution in [1.29, 1.82) is 0 Å². The number of hydrogen-bond acceptors (Lipinski definition) is 4. The van der Waals surface area contributed by atoms with Crippen LogP contribution in [0.5, 0.6) is 0 Å². The van der Waals surface area contributed by atoms with Crippen molar-refractivity contribution in [1.82, 2.24) is 15.4 Å². The largest absolute Gasteiger partial charge is 0.361 e. The molecular weight excluding hydrogens is 166 g/mol. The highest BCUT2D eigenvalue weighted by atomic mass is 16.5. The molecule has 0 radical (unpaired) electrons. The van der Waals surface area contributed by atoms with Crippen LogP contribution in [-0.4, -0.2) is 36.2 Å². The molecule has 0 bridgehead atoms. The summed E-state index contributed by atoms with van der Waals surface area (Å²) in [4.78, 5) is 2.30. The van der Waals surface area contributed by atoms with E-state index in [1.165, 1.54) is 0 Å². The van der Waals surface area contributed by atoms with Crippen LogP contribution in [0.15, 0.2) is 10.6 Å². The van der Waals surface area contributed by atoms with Crippen LogP contribution in [0.3, 0.4) is 0 Å². The summed E-state index contributed by atoms with van der Waals surface area (Å²) in [5.74, 6) is 0.884. The SMILES string of the molecule is Cc1cc(CN(C)C2CNC2)no1. The molecule has 4 heteroatoms. The topological polar surface area (TPSA) is 41.3 Å². The minimum Gasteiger partial charge on any atom is -0.361 e. The smallest absolute Gasteiger partial charge is 0.133 e. The third-order valence-corrected chi connectivity index (χ3v) is 2.47. The van der Waals surface area contributed by atoms with E-state index >= 15 is 0 Å². The first-order chi connectivity index (χ1) is 6.25. The maximum absolute atomic E-state index is 5.00. The Kier molecular flexibility index (Phi) is 2.33. The van der Waals surface area contributed by atoms with Gasteiger partial charge in [0.2, 0.25) is 0 Å². The van der Waals surface area contributed by atoms with E-state index in [1.807, 2.05) is 13.0 Å². The van der Waals surface area contributed by atoms with Crippen molar-refractivity contribution in [2.45, 2.75) is 19.5 Å². The second-order valence-electron chi connectivity index (χ2n) is 3.66. The number of aromatic nitrogens is 1. The summed E-state index contributed by atoms with van der Waals surface area (Å²) in [6, 6.07) is 2.65. The van der Waals surface area contributed by atoms with Gasteiger partial charge in [0.05, 0.1) is 5.69 Å². The molecule has 72 valence electrons. The quantitative estimate of drug-likeness (QED) is 0.732. The van der Waals surface area contributed by atoms with Gasteiger partial charge in [0.1, 0.15) is 5.76 Å². The summed E-state index contributed by atoms with van der Waals surface area (Å²) < 4.78 is 5.00. The number of nitrogens with zero attached hydrogens (tertiary/aromatic N) is 2. The third-order valence-electron chi connectivity index (χ3n) is 2.47. The van der Waals surface area contributed by atoms with Crippen molar-refractivity contribution < 1.29 is 4.52 Å². The first kappa shape index (κ1) is 8.72. The average Bonchev–Trinajstić information content (AvgIpc) is 2.31. The monoisotopic (exact) mass is 181 g/mol. The summed E-state index contributed by atoms with van der Waals surface area (Å²) >= 11 is 0. The van der Waals surface area contributed by atoms with Gasteiger partial charge < -0.3 is 9.84 Å². The van der Waals surface area contributed by atoms with Crippen LogP contribution >= 0.6 is 0 Å². The van der Waals surface area contributed by atoms with E-state index in [-0.39, 0.29) is 0 Å². The molecule has 0 saturated carbocycles. The fraction of sp³-hybridized carbons (Fsp3) is 0.667. The summed E-state index contributed by atoms with van der Waals surface area (Å²) in [6.07, 6.45) is 0. The fourth-order valence-corrected chi connectivity index (χ4v) is 1.46. The zero-order valence-corrected chi connectivity index (χ0v) is 8.08. The predicted octanol–water partition coefficient (Wildman–Crippen LogP) is 0.387. The molecule has 1 aliphatic rings. The Balaban J connectivity index is 1.89. The summed E-state index contributed by atoms with van der Waals surface area (Å²) in [6.45, 7) is 4.98. The lowest BCUT2D eigenvalue weighted by molar-refractivity contribution is 0.169. The van der Waals surface area contributed by atoms with Crippen LogP contribution < -0.4 is 5.32 Å². The van der Waals surface area contributed by atoms with Crippen molar-refractivity contribution >= 4 is 0 Å². The Bertz CT molecular complexity index is 280. The lowest BCUT2D eigenvalue weighted by atomic mass is 10.1. The Hall–Kier alpha value is -0.870. The van der Waals surface area contributed by atoms with Gasteiger partial charge in [-0.1, -0.05) is 5.16 Å². The Morgan fingerprint density at radius 2 is 2.46 bits per heavy atom. The highest BCUT2D eigenvalue weighted by Gasteiger charge is 2.21. The zero-order chi connectivity index (χ0) is 9.26. The van der Waals surface area contributed by atoms with Gasteiger partial charge in [-0.2, -0.15) is 0 Å².